The van der Waals surface area contributed by atoms with E-state index in [2.05, 4.69) is 9.97 Å². The molecule has 88 valence electrons. The Morgan fingerprint density at radius 1 is 0.944 bits per heavy atom. The first-order chi connectivity index (χ1) is 8.88. The number of ether oxygens (including phenoxy) is 1. The highest BCUT2D eigenvalue weighted by atomic mass is 16.5. The largest absolute Gasteiger partial charge is 0.463 e. The van der Waals surface area contributed by atoms with Gasteiger partial charge < -0.3 is 4.74 Å². The summed E-state index contributed by atoms with van der Waals surface area (Å²) in [6.07, 6.45) is 0. The maximum Gasteiger partial charge on any atom is 0.293 e. The van der Waals surface area contributed by atoms with E-state index < -0.39 is 0 Å². The van der Waals surface area contributed by atoms with Crippen LogP contribution in [0.3, 0.4) is 0 Å². The number of carbonyl (C=O) groups excluding carboxylic acids is 1. The van der Waals surface area contributed by atoms with Crippen molar-refractivity contribution in [2.45, 2.75) is 6.61 Å². The van der Waals surface area contributed by atoms with Crippen LogP contribution in [0.25, 0.3) is 22.1 Å². The second-order valence-corrected chi connectivity index (χ2v) is 3.90. The molecule has 2 aromatic carbocycles. The number of carbonyl (C=O) groups is 1. The minimum absolute atomic E-state index is 0.216. The summed E-state index contributed by atoms with van der Waals surface area (Å²) in [6, 6.07) is 13.4. The van der Waals surface area contributed by atoms with Gasteiger partial charge in [0, 0.05) is 5.56 Å². The van der Waals surface area contributed by atoms with E-state index in [0.29, 0.717) is 6.47 Å². The molecule has 0 radical (unpaired) electrons. The fraction of sp³-hybridized carbons (Fsp3) is 0.0714. The molecule has 3 rings (SSSR count). The third-order valence-corrected chi connectivity index (χ3v) is 2.76. The van der Waals surface area contributed by atoms with E-state index in [9.17, 15) is 4.79 Å². The van der Waals surface area contributed by atoms with Crippen LogP contribution in [0.15, 0.2) is 42.5 Å². The molecule has 0 amide bonds. The van der Waals surface area contributed by atoms with E-state index in [1.165, 1.54) is 0 Å². The van der Waals surface area contributed by atoms with Gasteiger partial charge in [0.1, 0.15) is 6.61 Å². The fourth-order valence-electron chi connectivity index (χ4n) is 1.94. The first-order valence-electron chi connectivity index (χ1n) is 5.58. The van der Waals surface area contributed by atoms with Crippen LogP contribution in [-0.4, -0.2) is 16.4 Å². The minimum atomic E-state index is 0.216. The number of benzene rings is 2. The third-order valence-electron chi connectivity index (χ3n) is 2.76. The van der Waals surface area contributed by atoms with Crippen LogP contribution >= 0.6 is 0 Å². The number of hydrogen-bond acceptors (Lipinski definition) is 4. The van der Waals surface area contributed by atoms with Gasteiger partial charge in [0.05, 0.1) is 22.1 Å². The Morgan fingerprint density at radius 3 is 2.44 bits per heavy atom. The van der Waals surface area contributed by atoms with E-state index in [1.54, 1.807) is 0 Å². The van der Waals surface area contributed by atoms with Crippen LogP contribution in [-0.2, 0) is 16.1 Å². The highest BCUT2D eigenvalue weighted by Crippen LogP contribution is 2.19. The van der Waals surface area contributed by atoms with Crippen molar-refractivity contribution in [2.24, 2.45) is 0 Å². The summed E-state index contributed by atoms with van der Waals surface area (Å²) in [6.45, 7) is 0.654. The van der Waals surface area contributed by atoms with Gasteiger partial charge in [0.2, 0.25) is 0 Å². The standard InChI is InChI=1S/C14H10N2O2/c17-9-18-8-10-4-3-7-13-14(10)16-12-6-2-1-5-11(12)15-13/h1-7,9H,8H2. The summed E-state index contributed by atoms with van der Waals surface area (Å²) >= 11 is 0. The maximum absolute atomic E-state index is 10.3. The SMILES string of the molecule is O=COCc1cccc2nc3ccccc3nc12. The average molecular weight is 238 g/mol. The van der Waals surface area contributed by atoms with Gasteiger partial charge in [0.25, 0.3) is 6.47 Å². The molecule has 0 aliphatic rings. The monoisotopic (exact) mass is 238 g/mol. The summed E-state index contributed by atoms with van der Waals surface area (Å²) in [5.74, 6) is 0. The molecule has 0 atom stereocenters. The Hall–Kier alpha value is -2.49. The predicted molar refractivity (Wildman–Crippen MR) is 67.9 cm³/mol. The van der Waals surface area contributed by atoms with E-state index in [0.717, 1.165) is 27.6 Å². The number of nitrogens with zero attached hydrogens (tertiary/aromatic N) is 2. The zero-order valence-electron chi connectivity index (χ0n) is 9.54. The van der Waals surface area contributed by atoms with Gasteiger partial charge in [-0.3, -0.25) is 4.79 Å². The molecular weight excluding hydrogens is 228 g/mol. The van der Waals surface area contributed by atoms with E-state index in [1.807, 2.05) is 42.5 Å². The number of rotatable bonds is 3. The van der Waals surface area contributed by atoms with Crippen LogP contribution in [0, 0.1) is 0 Å². The summed E-state index contributed by atoms with van der Waals surface area (Å²) < 4.78 is 4.79. The van der Waals surface area contributed by atoms with Crippen LogP contribution in [0.2, 0.25) is 0 Å². The quantitative estimate of drug-likeness (QED) is 0.519. The van der Waals surface area contributed by atoms with Crippen LogP contribution in [0.4, 0.5) is 0 Å². The molecule has 0 N–H and O–H groups in total. The number of hydrogen-bond donors (Lipinski definition) is 0. The highest BCUT2D eigenvalue weighted by Gasteiger charge is 2.05. The second kappa shape index (κ2) is 4.41. The van der Waals surface area contributed by atoms with Gasteiger partial charge >= 0.3 is 0 Å². The van der Waals surface area contributed by atoms with E-state index in [-0.39, 0.29) is 6.61 Å². The Kier molecular flexibility index (Phi) is 2.61. The van der Waals surface area contributed by atoms with E-state index in [4.69, 9.17) is 4.74 Å². The molecule has 0 bridgehead atoms. The van der Waals surface area contributed by atoms with Gasteiger partial charge in [-0.1, -0.05) is 24.3 Å². The highest BCUT2D eigenvalue weighted by molar-refractivity contribution is 5.87. The van der Waals surface area contributed by atoms with Gasteiger partial charge in [-0.25, -0.2) is 9.97 Å². The lowest BCUT2D eigenvalue weighted by Gasteiger charge is -2.05. The molecule has 0 saturated heterocycles. The Morgan fingerprint density at radius 2 is 1.67 bits per heavy atom. The van der Waals surface area contributed by atoms with Gasteiger partial charge in [0.15, 0.2) is 0 Å². The topological polar surface area (TPSA) is 52.1 Å². The van der Waals surface area contributed by atoms with Crippen molar-refractivity contribution in [1.29, 1.82) is 0 Å². The molecule has 1 aromatic heterocycles. The van der Waals surface area contributed by atoms with Crippen LogP contribution < -0.4 is 0 Å². The summed E-state index contributed by atoms with van der Waals surface area (Å²) in [5.41, 5.74) is 4.14. The van der Waals surface area contributed by atoms with E-state index >= 15 is 0 Å². The molecule has 0 aliphatic heterocycles. The fourth-order valence-corrected chi connectivity index (χ4v) is 1.94. The van der Waals surface area contributed by atoms with Crippen molar-refractivity contribution < 1.29 is 9.53 Å². The molecule has 0 fully saturated rings. The van der Waals surface area contributed by atoms with Gasteiger partial charge in [-0.2, -0.15) is 0 Å². The average Bonchev–Trinajstić information content (AvgIpc) is 2.43. The summed E-state index contributed by atoms with van der Waals surface area (Å²) in [4.78, 5) is 19.4. The lowest BCUT2D eigenvalue weighted by Crippen LogP contribution is -1.95. The first kappa shape index (κ1) is 10.7. The molecule has 0 unspecified atom stereocenters. The second-order valence-electron chi connectivity index (χ2n) is 3.90. The summed E-state index contributed by atoms with van der Waals surface area (Å²) in [7, 11) is 0. The van der Waals surface area contributed by atoms with Crippen molar-refractivity contribution in [2.75, 3.05) is 0 Å². The Balaban J connectivity index is 2.25. The molecule has 0 saturated carbocycles. The number of fused-ring (bicyclic) bond motifs is 2. The van der Waals surface area contributed by atoms with Crippen LogP contribution in [0.1, 0.15) is 5.56 Å². The molecule has 0 spiro atoms. The molecule has 4 nitrogen and oxygen atoms in total. The van der Waals surface area contributed by atoms with Crippen molar-refractivity contribution >= 4 is 28.5 Å². The van der Waals surface area contributed by atoms with Crippen molar-refractivity contribution in [1.82, 2.24) is 9.97 Å². The van der Waals surface area contributed by atoms with Gasteiger partial charge in [-0.15, -0.1) is 0 Å². The molecule has 1 heterocycles. The molecule has 4 heteroatoms. The summed E-state index contributed by atoms with van der Waals surface area (Å²) in [5, 5.41) is 0. The predicted octanol–water partition coefficient (Wildman–Crippen LogP) is 2.46. The third kappa shape index (κ3) is 1.78. The van der Waals surface area contributed by atoms with Gasteiger partial charge in [-0.05, 0) is 18.2 Å². The molecule has 0 aliphatic carbocycles. The zero-order valence-corrected chi connectivity index (χ0v) is 9.54. The lowest BCUT2D eigenvalue weighted by atomic mass is 10.1. The molecular formula is C14H10N2O2. The molecule has 3 aromatic rings. The lowest BCUT2D eigenvalue weighted by molar-refractivity contribution is -0.129. The van der Waals surface area contributed by atoms with Crippen LogP contribution in [0.5, 0.6) is 0 Å². The molecule has 18 heavy (non-hydrogen) atoms. The number of para-hydroxylation sites is 3. The van der Waals surface area contributed by atoms with Crippen molar-refractivity contribution in [3.63, 3.8) is 0 Å². The Labute approximate surface area is 103 Å². The smallest absolute Gasteiger partial charge is 0.293 e. The first-order valence-corrected chi connectivity index (χ1v) is 5.58. The Bertz CT molecular complexity index is 725. The van der Waals surface area contributed by atoms with Crippen molar-refractivity contribution in [3.05, 3.63) is 48.0 Å². The van der Waals surface area contributed by atoms with Crippen molar-refractivity contribution in [3.8, 4) is 0 Å². The zero-order chi connectivity index (χ0) is 12.4. The maximum atomic E-state index is 10.3. The minimum Gasteiger partial charge on any atom is -0.463 e. The normalized spacial score (nSPS) is 10.7. The number of aromatic nitrogens is 2.